The maximum atomic E-state index is 3.75. The van der Waals surface area contributed by atoms with Gasteiger partial charge in [-0.2, -0.15) is 0 Å². The fourth-order valence-corrected chi connectivity index (χ4v) is 2.29. The zero-order chi connectivity index (χ0) is 8.97. The molecule has 1 fully saturated rings. The first-order valence-corrected chi connectivity index (χ1v) is 6.25. The normalized spacial score (nSPS) is 22.0. The van der Waals surface area contributed by atoms with E-state index in [1.807, 2.05) is 0 Å². The first kappa shape index (κ1) is 10.6. The van der Waals surface area contributed by atoms with Crippen molar-refractivity contribution in [3.8, 4) is 0 Å². The van der Waals surface area contributed by atoms with Gasteiger partial charge in [0, 0.05) is 4.83 Å². The summed E-state index contributed by atoms with van der Waals surface area (Å²) in [6, 6.07) is 0. The van der Waals surface area contributed by atoms with E-state index in [9.17, 15) is 0 Å². The Kier molecular flexibility index (Phi) is 4.63. The highest BCUT2D eigenvalue weighted by Crippen LogP contribution is 2.31. The highest BCUT2D eigenvalue weighted by atomic mass is 79.9. The molecule has 1 heteroatoms. The summed E-state index contributed by atoms with van der Waals surface area (Å²) >= 11 is 3.75. The third-order valence-electron chi connectivity index (χ3n) is 3.05. The van der Waals surface area contributed by atoms with Crippen LogP contribution < -0.4 is 0 Å². The Morgan fingerprint density at radius 2 is 1.83 bits per heavy atom. The van der Waals surface area contributed by atoms with Crippen molar-refractivity contribution >= 4 is 15.9 Å². The SMILES string of the molecule is CC(C)C(Br)CCC1CCCC1. The van der Waals surface area contributed by atoms with Gasteiger partial charge in [-0.25, -0.2) is 0 Å². The second kappa shape index (κ2) is 5.26. The molecule has 0 nitrogen and oxygen atoms in total. The van der Waals surface area contributed by atoms with Crippen LogP contribution in [0.1, 0.15) is 52.4 Å². The van der Waals surface area contributed by atoms with Gasteiger partial charge in [0.15, 0.2) is 0 Å². The van der Waals surface area contributed by atoms with Crippen molar-refractivity contribution < 1.29 is 0 Å². The van der Waals surface area contributed by atoms with Gasteiger partial charge >= 0.3 is 0 Å². The molecule has 1 aliphatic carbocycles. The lowest BCUT2D eigenvalue weighted by atomic mass is 9.97. The van der Waals surface area contributed by atoms with Crippen LogP contribution in [0.15, 0.2) is 0 Å². The fourth-order valence-electron chi connectivity index (χ4n) is 2.03. The van der Waals surface area contributed by atoms with E-state index in [0.29, 0.717) is 0 Å². The van der Waals surface area contributed by atoms with E-state index in [1.165, 1.54) is 38.5 Å². The topological polar surface area (TPSA) is 0 Å². The lowest BCUT2D eigenvalue weighted by Crippen LogP contribution is -2.08. The van der Waals surface area contributed by atoms with Crippen molar-refractivity contribution in [3.63, 3.8) is 0 Å². The Labute approximate surface area is 85.3 Å². The van der Waals surface area contributed by atoms with Crippen molar-refractivity contribution in [2.24, 2.45) is 11.8 Å². The maximum Gasteiger partial charge on any atom is 0.0168 e. The molecule has 0 N–H and O–H groups in total. The molecular formula is C11H21Br. The molecule has 1 aliphatic rings. The molecule has 0 aliphatic heterocycles. The minimum Gasteiger partial charge on any atom is -0.0888 e. The van der Waals surface area contributed by atoms with Gasteiger partial charge in [0.05, 0.1) is 0 Å². The molecule has 1 atom stereocenters. The summed E-state index contributed by atoms with van der Waals surface area (Å²) in [5, 5.41) is 0. The van der Waals surface area contributed by atoms with Gasteiger partial charge in [0.25, 0.3) is 0 Å². The van der Waals surface area contributed by atoms with Crippen LogP contribution in [-0.4, -0.2) is 4.83 Å². The Morgan fingerprint density at radius 1 is 1.25 bits per heavy atom. The Hall–Kier alpha value is 0.480. The molecule has 12 heavy (non-hydrogen) atoms. The summed E-state index contributed by atoms with van der Waals surface area (Å²) in [4.78, 5) is 0.748. The molecule has 0 radical (unpaired) electrons. The second-order valence-corrected chi connectivity index (χ2v) is 5.66. The molecule has 1 unspecified atom stereocenters. The van der Waals surface area contributed by atoms with E-state index < -0.39 is 0 Å². The van der Waals surface area contributed by atoms with Crippen LogP contribution in [0.4, 0.5) is 0 Å². The molecule has 1 rings (SSSR count). The minimum absolute atomic E-state index is 0.748. The van der Waals surface area contributed by atoms with Gasteiger partial charge in [-0.15, -0.1) is 0 Å². The fraction of sp³-hybridized carbons (Fsp3) is 1.00. The van der Waals surface area contributed by atoms with E-state index in [2.05, 4.69) is 29.8 Å². The molecular weight excluding hydrogens is 212 g/mol. The lowest BCUT2D eigenvalue weighted by molar-refractivity contribution is 0.452. The monoisotopic (exact) mass is 232 g/mol. The second-order valence-electron chi connectivity index (χ2n) is 4.49. The summed E-state index contributed by atoms with van der Waals surface area (Å²) in [6.07, 6.45) is 8.80. The Morgan fingerprint density at radius 3 is 2.33 bits per heavy atom. The number of alkyl halides is 1. The van der Waals surface area contributed by atoms with Crippen molar-refractivity contribution in [2.75, 3.05) is 0 Å². The third-order valence-corrected chi connectivity index (χ3v) is 4.56. The van der Waals surface area contributed by atoms with Crippen molar-refractivity contribution in [1.82, 2.24) is 0 Å². The summed E-state index contributed by atoms with van der Waals surface area (Å²) < 4.78 is 0. The molecule has 0 aromatic heterocycles. The first-order chi connectivity index (χ1) is 5.70. The van der Waals surface area contributed by atoms with Crippen LogP contribution in [0.5, 0.6) is 0 Å². The van der Waals surface area contributed by atoms with Gasteiger partial charge in [-0.3, -0.25) is 0 Å². The van der Waals surface area contributed by atoms with Gasteiger partial charge < -0.3 is 0 Å². The van der Waals surface area contributed by atoms with Gasteiger partial charge in [0.1, 0.15) is 0 Å². The zero-order valence-electron chi connectivity index (χ0n) is 8.35. The third kappa shape index (κ3) is 3.47. The predicted octanol–water partition coefficient (Wildman–Crippen LogP) is 4.38. The van der Waals surface area contributed by atoms with Crippen molar-refractivity contribution in [3.05, 3.63) is 0 Å². The minimum atomic E-state index is 0.748. The Bertz CT molecular complexity index is 112. The highest BCUT2D eigenvalue weighted by molar-refractivity contribution is 9.09. The average molecular weight is 233 g/mol. The predicted molar refractivity (Wildman–Crippen MR) is 58.7 cm³/mol. The number of hydrogen-bond acceptors (Lipinski definition) is 0. The largest absolute Gasteiger partial charge is 0.0888 e. The summed E-state index contributed by atoms with van der Waals surface area (Å²) in [5.41, 5.74) is 0. The molecule has 0 amide bonds. The number of rotatable bonds is 4. The zero-order valence-corrected chi connectivity index (χ0v) is 9.94. The summed E-state index contributed by atoms with van der Waals surface area (Å²) in [7, 11) is 0. The summed E-state index contributed by atoms with van der Waals surface area (Å²) in [6.45, 7) is 4.60. The maximum absolute atomic E-state index is 3.75. The number of hydrogen-bond donors (Lipinski definition) is 0. The standard InChI is InChI=1S/C11H21Br/c1-9(2)11(12)8-7-10-5-3-4-6-10/h9-11H,3-8H2,1-2H3. The van der Waals surface area contributed by atoms with Crippen LogP contribution in [0.25, 0.3) is 0 Å². The molecule has 0 aromatic rings. The van der Waals surface area contributed by atoms with Gasteiger partial charge in [-0.05, 0) is 24.7 Å². The van der Waals surface area contributed by atoms with Gasteiger partial charge in [0.2, 0.25) is 0 Å². The van der Waals surface area contributed by atoms with E-state index >= 15 is 0 Å². The van der Waals surface area contributed by atoms with E-state index in [1.54, 1.807) is 0 Å². The number of halogens is 1. The quantitative estimate of drug-likeness (QED) is 0.632. The molecule has 0 heterocycles. The average Bonchev–Trinajstić information content (AvgIpc) is 2.51. The summed E-state index contributed by atoms with van der Waals surface area (Å²) in [5.74, 6) is 1.86. The lowest BCUT2D eigenvalue weighted by Gasteiger charge is -2.15. The van der Waals surface area contributed by atoms with Crippen LogP contribution >= 0.6 is 15.9 Å². The molecule has 72 valence electrons. The van der Waals surface area contributed by atoms with Crippen LogP contribution in [0.2, 0.25) is 0 Å². The molecule has 0 saturated heterocycles. The highest BCUT2D eigenvalue weighted by Gasteiger charge is 2.17. The first-order valence-electron chi connectivity index (χ1n) is 5.34. The molecule has 0 bridgehead atoms. The van der Waals surface area contributed by atoms with Crippen molar-refractivity contribution in [2.45, 2.75) is 57.2 Å². The van der Waals surface area contributed by atoms with E-state index in [4.69, 9.17) is 0 Å². The Balaban J connectivity index is 2.07. The molecule has 0 spiro atoms. The van der Waals surface area contributed by atoms with E-state index in [-0.39, 0.29) is 0 Å². The van der Waals surface area contributed by atoms with Crippen LogP contribution in [-0.2, 0) is 0 Å². The van der Waals surface area contributed by atoms with Crippen molar-refractivity contribution in [1.29, 1.82) is 0 Å². The van der Waals surface area contributed by atoms with Crippen LogP contribution in [0.3, 0.4) is 0 Å². The molecule has 0 aromatic carbocycles. The van der Waals surface area contributed by atoms with Gasteiger partial charge in [-0.1, -0.05) is 55.5 Å². The smallest absolute Gasteiger partial charge is 0.0168 e. The van der Waals surface area contributed by atoms with Crippen LogP contribution in [0, 0.1) is 11.8 Å². The van der Waals surface area contributed by atoms with E-state index in [0.717, 1.165) is 16.7 Å². The molecule has 1 saturated carbocycles.